The van der Waals surface area contributed by atoms with Crippen molar-refractivity contribution >= 4 is 33.5 Å². The molecule has 0 saturated heterocycles. The molecule has 0 radical (unpaired) electrons. The van der Waals surface area contributed by atoms with Crippen molar-refractivity contribution in [3.63, 3.8) is 0 Å². The Bertz CT molecular complexity index is 223. The number of hydrogen-bond donors (Lipinski definition) is 0. The second-order valence-corrected chi connectivity index (χ2v) is 8.37. The van der Waals surface area contributed by atoms with E-state index < -0.39 is 14.2 Å². The van der Waals surface area contributed by atoms with Gasteiger partial charge in [-0.3, -0.25) is 0 Å². The van der Waals surface area contributed by atoms with Crippen LogP contribution in [0, 0.1) is 5.92 Å². The Morgan fingerprint density at radius 3 is 1.45 bits per heavy atom. The van der Waals surface area contributed by atoms with Crippen molar-refractivity contribution in [3.05, 3.63) is 0 Å². The molecule has 1 nitrogen and oxygen atoms in total. The van der Waals surface area contributed by atoms with Crippen LogP contribution in [-0.4, -0.2) is 19.4 Å². The van der Waals surface area contributed by atoms with Crippen LogP contribution in [0.25, 0.3) is 0 Å². The summed E-state index contributed by atoms with van der Waals surface area (Å²) < 4.78 is 8.78. The maximum atomic E-state index is 8.78. The Kier molecular flexibility index (Phi) is 21.1. The van der Waals surface area contributed by atoms with Gasteiger partial charge in [-0.25, -0.2) is 0 Å². The number of halogens is 1. The predicted molar refractivity (Wildman–Crippen MR) is 106 cm³/mol. The zero-order valence-corrected chi connectivity index (χ0v) is 18.6. The fourth-order valence-electron chi connectivity index (χ4n) is 3.17. The van der Waals surface area contributed by atoms with Gasteiger partial charge in [-0.05, 0) is 36.8 Å². The van der Waals surface area contributed by atoms with Gasteiger partial charge in [-0.1, -0.05) is 79.1 Å². The third kappa shape index (κ3) is 13.5. The van der Waals surface area contributed by atoms with Crippen LogP contribution in [0.5, 0.6) is 0 Å². The van der Waals surface area contributed by atoms with Gasteiger partial charge in [0, 0.05) is 0 Å². The van der Waals surface area contributed by atoms with E-state index in [2.05, 4.69) is 47.0 Å². The summed E-state index contributed by atoms with van der Waals surface area (Å²) in [6.07, 6.45) is 16.8. The van der Waals surface area contributed by atoms with E-state index in [1.54, 1.807) is 0 Å². The van der Waals surface area contributed by atoms with Gasteiger partial charge in [-0.15, -0.1) is 9.24 Å². The van der Waals surface area contributed by atoms with Crippen LogP contribution in [0.3, 0.4) is 0 Å². The van der Waals surface area contributed by atoms with Gasteiger partial charge in [0.15, 0.2) is 0 Å². The van der Waals surface area contributed by atoms with Crippen LogP contribution in [-0.2, 0) is 3.80 Å². The van der Waals surface area contributed by atoms with Crippen molar-refractivity contribution in [2.24, 2.45) is 5.92 Å². The van der Waals surface area contributed by atoms with E-state index >= 15 is 0 Å². The summed E-state index contributed by atoms with van der Waals surface area (Å²) in [4.78, 5) is 0. The summed E-state index contributed by atoms with van der Waals surface area (Å²) >= 11 is -1.03. The van der Waals surface area contributed by atoms with Crippen LogP contribution in [0.4, 0.5) is 0 Å². The summed E-state index contributed by atoms with van der Waals surface area (Å²) in [5.41, 5.74) is 0. The quantitative estimate of drug-likeness (QED) is 0.250. The molecule has 4 heteroatoms. The second kappa shape index (κ2) is 18.4. The molecule has 1 unspecified atom stereocenters. The molecule has 0 aromatic carbocycles. The van der Waals surface area contributed by atoms with E-state index in [0.717, 1.165) is 5.92 Å². The Balaban J connectivity index is 0. The summed E-state index contributed by atoms with van der Waals surface area (Å²) in [5.74, 6) is 0.940. The Morgan fingerprint density at radius 2 is 1.18 bits per heavy atom. The topological polar surface area (TPSA) is 17.1 Å². The molecule has 0 saturated carbocycles. The van der Waals surface area contributed by atoms with Crippen molar-refractivity contribution in [3.8, 4) is 0 Å². The SMILES string of the molecule is CCCCC(CCCC)C(P)(CCCC)CCCC.[O]=[Al][Cl]. The first-order valence-corrected chi connectivity index (χ1v) is 12.2. The zero-order valence-electron chi connectivity index (χ0n) is 15.5. The molecule has 0 aromatic heterocycles. The molecular formula is C18H39AlClOP. The molecule has 0 aliphatic heterocycles. The van der Waals surface area contributed by atoms with Gasteiger partial charge in [0.2, 0.25) is 0 Å². The van der Waals surface area contributed by atoms with E-state index in [9.17, 15) is 0 Å². The van der Waals surface area contributed by atoms with E-state index in [-0.39, 0.29) is 0 Å². The molecule has 0 fully saturated rings. The van der Waals surface area contributed by atoms with Gasteiger partial charge >= 0.3 is 28.1 Å². The van der Waals surface area contributed by atoms with Crippen LogP contribution in [0.15, 0.2) is 0 Å². The molecule has 1 atom stereocenters. The molecule has 0 aliphatic rings. The molecule has 0 aromatic rings. The van der Waals surface area contributed by atoms with Gasteiger partial charge < -0.3 is 0 Å². The molecule has 0 heterocycles. The van der Waals surface area contributed by atoms with Crippen LogP contribution in [0.1, 0.15) is 105 Å². The van der Waals surface area contributed by atoms with Gasteiger partial charge in [0.1, 0.15) is 0 Å². The van der Waals surface area contributed by atoms with Crippen molar-refractivity contribution in [2.75, 3.05) is 0 Å². The first-order chi connectivity index (χ1) is 10.6. The monoisotopic (exact) mass is 364 g/mol. The van der Waals surface area contributed by atoms with E-state index in [0.29, 0.717) is 5.16 Å². The van der Waals surface area contributed by atoms with Crippen molar-refractivity contribution in [1.82, 2.24) is 0 Å². The molecular weight excluding hydrogens is 326 g/mol. The second-order valence-electron chi connectivity index (χ2n) is 6.51. The summed E-state index contributed by atoms with van der Waals surface area (Å²) in [6, 6.07) is 0. The summed E-state index contributed by atoms with van der Waals surface area (Å²) in [7, 11) is 7.85. The van der Waals surface area contributed by atoms with Gasteiger partial charge in [0.25, 0.3) is 0 Å². The minimum absolute atomic E-state index is 0.538. The molecule has 0 N–H and O–H groups in total. The molecule has 0 amide bonds. The predicted octanol–water partition coefficient (Wildman–Crippen LogP) is 7.17. The number of unbranched alkanes of at least 4 members (excludes halogenated alkanes) is 4. The Hall–Kier alpha value is 1.05. The van der Waals surface area contributed by atoms with Crippen molar-refractivity contribution < 1.29 is 3.80 Å². The van der Waals surface area contributed by atoms with E-state index in [1.807, 2.05) is 0 Å². The Morgan fingerprint density at radius 1 is 0.864 bits per heavy atom. The first kappa shape index (κ1) is 25.3. The van der Waals surface area contributed by atoms with Crippen molar-refractivity contribution in [2.45, 2.75) is 110 Å². The van der Waals surface area contributed by atoms with Crippen LogP contribution >= 0.6 is 19.3 Å². The van der Waals surface area contributed by atoms with Crippen molar-refractivity contribution in [1.29, 1.82) is 0 Å². The van der Waals surface area contributed by atoms with Gasteiger partial charge in [0.05, 0.1) is 0 Å². The number of rotatable bonds is 13. The number of hydrogen-bond acceptors (Lipinski definition) is 1. The third-order valence-corrected chi connectivity index (χ3v) is 5.67. The van der Waals surface area contributed by atoms with E-state index in [1.165, 1.54) is 77.0 Å². The summed E-state index contributed by atoms with van der Waals surface area (Å²) in [5, 5.41) is 0.538. The molecule has 0 spiro atoms. The molecule has 0 aliphatic carbocycles. The molecule has 0 bridgehead atoms. The van der Waals surface area contributed by atoms with Crippen LogP contribution in [0.2, 0.25) is 0 Å². The van der Waals surface area contributed by atoms with Crippen LogP contribution < -0.4 is 0 Å². The zero-order chi connectivity index (χ0) is 17.3. The minimum atomic E-state index is -1.03. The maximum absolute atomic E-state index is 8.78. The fraction of sp³-hybridized carbons (Fsp3) is 1.00. The average molecular weight is 365 g/mol. The summed E-state index contributed by atoms with van der Waals surface area (Å²) in [6.45, 7) is 9.33. The normalized spacial score (nSPS) is 11.0. The van der Waals surface area contributed by atoms with E-state index in [4.69, 9.17) is 3.80 Å². The molecule has 22 heavy (non-hydrogen) atoms. The molecule has 132 valence electrons. The average Bonchev–Trinajstić information content (AvgIpc) is 2.52. The molecule has 0 rings (SSSR count). The standard InChI is InChI=1S/C18H39P.Al.ClH.O/c1-5-9-13-17(14-10-6-2)18(19,15-11-7-3)16-12-8-4;;;/h17H,5-16,19H2,1-4H3;;1H;/q;+1;;/p-1. The first-order valence-electron chi connectivity index (χ1n) is 9.38. The fourth-order valence-corrected chi connectivity index (χ4v) is 3.91. The third-order valence-electron chi connectivity index (χ3n) is 4.62. The Labute approximate surface area is 153 Å². The van der Waals surface area contributed by atoms with Gasteiger partial charge in [-0.2, -0.15) is 0 Å².